The summed E-state index contributed by atoms with van der Waals surface area (Å²) in [6, 6.07) is 0. The first-order valence-electron chi connectivity index (χ1n) is 5.09. The fraction of sp³-hybridized carbons (Fsp3) is 0.818. The Morgan fingerprint density at radius 1 is 1.46 bits per heavy atom. The maximum absolute atomic E-state index is 4.96. The normalized spacial score (nSPS) is 12.5. The summed E-state index contributed by atoms with van der Waals surface area (Å²) >= 11 is 0. The third-order valence-corrected chi connectivity index (χ3v) is 1.86. The molecule has 2 heteroatoms. The van der Waals surface area contributed by atoms with Gasteiger partial charge in [-0.1, -0.05) is 32.4 Å². The molecule has 0 aliphatic carbocycles. The first-order chi connectivity index (χ1) is 6.20. The molecule has 0 saturated heterocycles. The van der Waals surface area contributed by atoms with Crippen LogP contribution in [0.2, 0.25) is 0 Å². The molecule has 0 unspecified atom stereocenters. The molecule has 78 valence electrons. The first-order valence-corrected chi connectivity index (χ1v) is 5.09. The quantitative estimate of drug-likeness (QED) is 0.485. The highest BCUT2D eigenvalue weighted by molar-refractivity contribution is 5.04. The van der Waals surface area contributed by atoms with Gasteiger partial charge in [-0.05, 0) is 12.3 Å². The topological polar surface area (TPSA) is 21.3 Å². The van der Waals surface area contributed by atoms with Gasteiger partial charge in [0.05, 0.1) is 6.61 Å². The molecule has 0 aromatic heterocycles. The number of methoxy groups -OCH3 is 1. The Bertz CT molecular complexity index is 141. The average Bonchev–Trinajstić information content (AvgIpc) is 2.09. The molecule has 2 nitrogen and oxygen atoms in total. The van der Waals surface area contributed by atoms with Crippen LogP contribution in [0.3, 0.4) is 0 Å². The molecular formula is C11H23NO. The van der Waals surface area contributed by atoms with Gasteiger partial charge in [0.15, 0.2) is 0 Å². The molecule has 0 radical (unpaired) electrons. The predicted molar refractivity (Wildman–Crippen MR) is 58.0 cm³/mol. The molecule has 1 N–H and O–H groups in total. The van der Waals surface area contributed by atoms with Gasteiger partial charge >= 0.3 is 0 Å². The Morgan fingerprint density at radius 2 is 2.15 bits per heavy atom. The molecule has 13 heavy (non-hydrogen) atoms. The molecule has 0 aromatic carbocycles. The molecule has 0 spiro atoms. The van der Waals surface area contributed by atoms with Crippen LogP contribution in [0.5, 0.6) is 0 Å². The monoisotopic (exact) mass is 185 g/mol. The van der Waals surface area contributed by atoms with Crippen LogP contribution >= 0.6 is 0 Å². The summed E-state index contributed by atoms with van der Waals surface area (Å²) in [6.45, 7) is 9.35. The van der Waals surface area contributed by atoms with Gasteiger partial charge in [-0.25, -0.2) is 0 Å². The van der Waals surface area contributed by atoms with Gasteiger partial charge in [0.25, 0.3) is 0 Å². The summed E-state index contributed by atoms with van der Waals surface area (Å²) in [7, 11) is 1.73. The molecular weight excluding hydrogens is 162 g/mol. The summed E-state index contributed by atoms with van der Waals surface area (Å²) in [5.74, 6) is 0.652. The minimum Gasteiger partial charge on any atom is -0.383 e. The maximum atomic E-state index is 4.96. The summed E-state index contributed by atoms with van der Waals surface area (Å²) < 4.78 is 4.96. The molecule has 0 rings (SSSR count). The Kier molecular flexibility index (Phi) is 8.05. The van der Waals surface area contributed by atoms with Crippen LogP contribution < -0.4 is 5.32 Å². The second-order valence-corrected chi connectivity index (χ2v) is 3.59. The lowest BCUT2D eigenvalue weighted by atomic mass is 10.1. The van der Waals surface area contributed by atoms with Crippen molar-refractivity contribution in [3.05, 3.63) is 11.6 Å². The van der Waals surface area contributed by atoms with Crippen molar-refractivity contribution in [2.75, 3.05) is 26.8 Å². The summed E-state index contributed by atoms with van der Waals surface area (Å²) in [5.41, 5.74) is 1.49. The van der Waals surface area contributed by atoms with E-state index in [9.17, 15) is 0 Å². The van der Waals surface area contributed by atoms with Gasteiger partial charge in [-0.15, -0.1) is 0 Å². The molecule has 0 heterocycles. The Hall–Kier alpha value is -0.340. The molecule has 0 aliphatic rings. The highest BCUT2D eigenvalue weighted by Gasteiger charge is 1.95. The predicted octanol–water partition coefficient (Wildman–Crippen LogP) is 2.21. The fourth-order valence-electron chi connectivity index (χ4n) is 1.20. The molecule has 0 aliphatic heterocycles. The molecule has 0 aromatic rings. The average molecular weight is 185 g/mol. The van der Waals surface area contributed by atoms with Crippen LogP contribution in [0, 0.1) is 5.92 Å². The van der Waals surface area contributed by atoms with Crippen molar-refractivity contribution in [3.63, 3.8) is 0 Å². The molecule has 0 atom stereocenters. The van der Waals surface area contributed by atoms with Crippen LogP contribution in [0.4, 0.5) is 0 Å². The largest absolute Gasteiger partial charge is 0.383 e. The third-order valence-electron chi connectivity index (χ3n) is 1.86. The highest BCUT2D eigenvalue weighted by atomic mass is 16.5. The second-order valence-electron chi connectivity index (χ2n) is 3.59. The number of nitrogens with one attached hydrogen (secondary N) is 1. The van der Waals surface area contributed by atoms with Crippen LogP contribution in [-0.2, 0) is 4.74 Å². The molecule has 0 bridgehead atoms. The summed E-state index contributed by atoms with van der Waals surface area (Å²) in [4.78, 5) is 0. The lowest BCUT2D eigenvalue weighted by Gasteiger charge is -2.08. The van der Waals surface area contributed by atoms with Crippen molar-refractivity contribution in [1.29, 1.82) is 0 Å². The van der Waals surface area contributed by atoms with E-state index in [0.29, 0.717) is 5.92 Å². The molecule has 0 fully saturated rings. The van der Waals surface area contributed by atoms with E-state index in [4.69, 9.17) is 4.74 Å². The SMILES string of the molecule is CCC(=CC(C)C)CNCCOC. The lowest BCUT2D eigenvalue weighted by Crippen LogP contribution is -2.21. The molecule has 0 saturated carbocycles. The van der Waals surface area contributed by atoms with E-state index in [1.807, 2.05) is 0 Å². The van der Waals surface area contributed by atoms with Gasteiger partial charge in [0.1, 0.15) is 0 Å². The lowest BCUT2D eigenvalue weighted by molar-refractivity contribution is 0.200. The first kappa shape index (κ1) is 12.7. The van der Waals surface area contributed by atoms with Crippen LogP contribution in [0.15, 0.2) is 11.6 Å². The van der Waals surface area contributed by atoms with E-state index in [1.54, 1.807) is 7.11 Å². The van der Waals surface area contributed by atoms with Gasteiger partial charge in [0.2, 0.25) is 0 Å². The van der Waals surface area contributed by atoms with Crippen LogP contribution in [0.25, 0.3) is 0 Å². The van der Waals surface area contributed by atoms with Gasteiger partial charge < -0.3 is 10.1 Å². The number of rotatable bonds is 7. The zero-order chi connectivity index (χ0) is 10.1. The van der Waals surface area contributed by atoms with Gasteiger partial charge in [-0.3, -0.25) is 0 Å². The Morgan fingerprint density at radius 3 is 2.62 bits per heavy atom. The smallest absolute Gasteiger partial charge is 0.0587 e. The minimum atomic E-state index is 0.652. The van der Waals surface area contributed by atoms with E-state index < -0.39 is 0 Å². The highest BCUT2D eigenvalue weighted by Crippen LogP contribution is 2.04. The van der Waals surface area contributed by atoms with Crippen molar-refractivity contribution >= 4 is 0 Å². The number of hydrogen-bond donors (Lipinski definition) is 1. The standard InChI is InChI=1S/C11H23NO/c1-5-11(8-10(2)3)9-12-6-7-13-4/h8,10,12H,5-7,9H2,1-4H3. The Labute approximate surface area is 82.4 Å². The summed E-state index contributed by atoms with van der Waals surface area (Å²) in [6.07, 6.45) is 3.47. The van der Waals surface area contributed by atoms with E-state index in [-0.39, 0.29) is 0 Å². The van der Waals surface area contributed by atoms with Crippen LogP contribution in [0.1, 0.15) is 27.2 Å². The molecule has 0 amide bonds. The zero-order valence-electron chi connectivity index (χ0n) is 9.39. The number of allylic oxidation sites excluding steroid dienone is 1. The van der Waals surface area contributed by atoms with Crippen molar-refractivity contribution in [3.8, 4) is 0 Å². The van der Waals surface area contributed by atoms with Crippen molar-refractivity contribution in [1.82, 2.24) is 5.32 Å². The van der Waals surface area contributed by atoms with Crippen LogP contribution in [-0.4, -0.2) is 26.8 Å². The fourth-order valence-corrected chi connectivity index (χ4v) is 1.20. The summed E-state index contributed by atoms with van der Waals surface area (Å²) in [5, 5.41) is 3.35. The second kappa shape index (κ2) is 8.27. The van der Waals surface area contributed by atoms with E-state index in [1.165, 1.54) is 5.57 Å². The number of ether oxygens (including phenoxy) is 1. The van der Waals surface area contributed by atoms with E-state index in [0.717, 1.165) is 26.1 Å². The van der Waals surface area contributed by atoms with E-state index >= 15 is 0 Å². The van der Waals surface area contributed by atoms with Crippen molar-refractivity contribution in [2.24, 2.45) is 5.92 Å². The third kappa shape index (κ3) is 8.00. The number of hydrogen-bond acceptors (Lipinski definition) is 2. The van der Waals surface area contributed by atoms with Gasteiger partial charge in [0, 0.05) is 20.2 Å². The van der Waals surface area contributed by atoms with E-state index in [2.05, 4.69) is 32.2 Å². The van der Waals surface area contributed by atoms with Crippen molar-refractivity contribution in [2.45, 2.75) is 27.2 Å². The van der Waals surface area contributed by atoms with Crippen molar-refractivity contribution < 1.29 is 4.74 Å². The Balaban J connectivity index is 3.60. The maximum Gasteiger partial charge on any atom is 0.0587 e. The van der Waals surface area contributed by atoms with Gasteiger partial charge in [-0.2, -0.15) is 0 Å². The minimum absolute atomic E-state index is 0.652. The zero-order valence-corrected chi connectivity index (χ0v) is 9.39.